The van der Waals surface area contributed by atoms with Gasteiger partial charge in [-0.3, -0.25) is 9.78 Å². The second kappa shape index (κ2) is 7.00. The number of nitrogens with two attached hydrogens (primary N) is 1. The number of pyridine rings is 1. The van der Waals surface area contributed by atoms with E-state index in [1.807, 2.05) is 0 Å². The standard InChI is InChI=1S/C16H10Cl2FN5O/c17-8-1-2-12(19)9(5-8)15-22-7-11(18)16(24-15)23-13-3-4-21-6-10(13)14(20)25/h1-7H,(H2,20,25)(H,21,22,23,24). The normalized spacial score (nSPS) is 10.5. The average Bonchev–Trinajstić information content (AvgIpc) is 2.59. The molecule has 0 atom stereocenters. The lowest BCUT2D eigenvalue weighted by Crippen LogP contribution is -2.14. The molecule has 3 N–H and O–H groups in total. The highest BCUT2D eigenvalue weighted by molar-refractivity contribution is 6.33. The van der Waals surface area contributed by atoms with Crippen LogP contribution in [0, 0.1) is 5.82 Å². The van der Waals surface area contributed by atoms with Gasteiger partial charge in [-0.15, -0.1) is 0 Å². The first-order chi connectivity index (χ1) is 12.0. The first kappa shape index (κ1) is 17.1. The van der Waals surface area contributed by atoms with E-state index in [0.29, 0.717) is 10.7 Å². The largest absolute Gasteiger partial charge is 0.365 e. The average molecular weight is 378 g/mol. The Morgan fingerprint density at radius 3 is 2.76 bits per heavy atom. The van der Waals surface area contributed by atoms with E-state index < -0.39 is 11.7 Å². The smallest absolute Gasteiger partial charge is 0.252 e. The van der Waals surface area contributed by atoms with E-state index >= 15 is 0 Å². The number of hydrogen-bond donors (Lipinski definition) is 2. The van der Waals surface area contributed by atoms with Crippen LogP contribution in [0.5, 0.6) is 0 Å². The van der Waals surface area contributed by atoms with Crippen LogP contribution in [-0.2, 0) is 0 Å². The minimum atomic E-state index is -0.665. The number of amides is 1. The Hall–Kier alpha value is -2.77. The van der Waals surface area contributed by atoms with E-state index in [4.69, 9.17) is 28.9 Å². The Morgan fingerprint density at radius 1 is 1.20 bits per heavy atom. The SMILES string of the molecule is NC(=O)c1cnccc1Nc1nc(-c2cc(Cl)ccc2F)ncc1Cl. The molecule has 0 spiro atoms. The Kier molecular flexibility index (Phi) is 4.78. The zero-order chi connectivity index (χ0) is 18.0. The molecule has 3 aromatic rings. The van der Waals surface area contributed by atoms with Gasteiger partial charge in [-0.05, 0) is 24.3 Å². The molecule has 9 heteroatoms. The highest BCUT2D eigenvalue weighted by Gasteiger charge is 2.14. The van der Waals surface area contributed by atoms with Crippen molar-refractivity contribution in [2.75, 3.05) is 5.32 Å². The van der Waals surface area contributed by atoms with Gasteiger partial charge in [-0.1, -0.05) is 23.2 Å². The summed E-state index contributed by atoms with van der Waals surface area (Å²) < 4.78 is 14.0. The van der Waals surface area contributed by atoms with Crippen LogP contribution in [-0.4, -0.2) is 20.9 Å². The zero-order valence-corrected chi connectivity index (χ0v) is 14.0. The lowest BCUT2D eigenvalue weighted by Gasteiger charge is -2.11. The summed E-state index contributed by atoms with van der Waals surface area (Å²) in [6.45, 7) is 0. The molecule has 0 aliphatic carbocycles. The molecule has 0 fully saturated rings. The predicted octanol–water partition coefficient (Wildman–Crippen LogP) is 3.83. The van der Waals surface area contributed by atoms with Crippen LogP contribution in [0.3, 0.4) is 0 Å². The van der Waals surface area contributed by atoms with Crippen molar-refractivity contribution in [2.45, 2.75) is 0 Å². The number of hydrogen-bond acceptors (Lipinski definition) is 5. The molecular formula is C16H10Cl2FN5O. The van der Waals surface area contributed by atoms with Crippen molar-refractivity contribution in [1.29, 1.82) is 0 Å². The lowest BCUT2D eigenvalue weighted by atomic mass is 10.2. The maximum absolute atomic E-state index is 14.0. The van der Waals surface area contributed by atoms with Crippen LogP contribution in [0.2, 0.25) is 10.0 Å². The lowest BCUT2D eigenvalue weighted by molar-refractivity contribution is 0.100. The molecule has 0 saturated carbocycles. The molecule has 0 saturated heterocycles. The Balaban J connectivity index is 2.04. The summed E-state index contributed by atoms with van der Waals surface area (Å²) in [5, 5.41) is 3.41. The minimum Gasteiger partial charge on any atom is -0.365 e. The molecule has 2 heterocycles. The van der Waals surface area contributed by atoms with Crippen molar-refractivity contribution in [2.24, 2.45) is 5.73 Å². The monoisotopic (exact) mass is 377 g/mol. The molecule has 0 unspecified atom stereocenters. The third kappa shape index (κ3) is 3.67. The summed E-state index contributed by atoms with van der Waals surface area (Å²) in [5.41, 5.74) is 5.96. The van der Waals surface area contributed by atoms with Crippen LogP contribution < -0.4 is 11.1 Å². The molecule has 25 heavy (non-hydrogen) atoms. The fourth-order valence-electron chi connectivity index (χ4n) is 2.08. The summed E-state index contributed by atoms with van der Waals surface area (Å²) in [4.78, 5) is 23.6. The van der Waals surface area contributed by atoms with Crippen LogP contribution in [0.1, 0.15) is 10.4 Å². The van der Waals surface area contributed by atoms with Gasteiger partial charge in [-0.2, -0.15) is 0 Å². The summed E-state index contributed by atoms with van der Waals surface area (Å²) in [5.74, 6) is -0.928. The molecule has 0 radical (unpaired) electrons. The van der Waals surface area contributed by atoms with Gasteiger partial charge in [0.1, 0.15) is 10.8 Å². The van der Waals surface area contributed by atoms with E-state index in [2.05, 4.69) is 20.3 Å². The first-order valence-corrected chi connectivity index (χ1v) is 7.70. The van der Waals surface area contributed by atoms with E-state index in [0.717, 1.165) is 0 Å². The number of benzene rings is 1. The molecular weight excluding hydrogens is 368 g/mol. The van der Waals surface area contributed by atoms with E-state index in [1.165, 1.54) is 42.9 Å². The van der Waals surface area contributed by atoms with E-state index in [1.54, 1.807) is 0 Å². The number of rotatable bonds is 4. The molecule has 1 amide bonds. The van der Waals surface area contributed by atoms with Gasteiger partial charge in [0, 0.05) is 17.4 Å². The van der Waals surface area contributed by atoms with Gasteiger partial charge in [0.25, 0.3) is 5.91 Å². The summed E-state index contributed by atoms with van der Waals surface area (Å²) >= 11 is 12.0. The van der Waals surface area contributed by atoms with Crippen molar-refractivity contribution in [3.8, 4) is 11.4 Å². The molecule has 126 valence electrons. The number of aromatic nitrogens is 3. The van der Waals surface area contributed by atoms with Crippen molar-refractivity contribution >= 4 is 40.6 Å². The second-order valence-electron chi connectivity index (χ2n) is 4.92. The van der Waals surface area contributed by atoms with Crippen molar-refractivity contribution < 1.29 is 9.18 Å². The topological polar surface area (TPSA) is 93.8 Å². The summed E-state index contributed by atoms with van der Waals surface area (Å²) in [6, 6.07) is 5.59. The fraction of sp³-hybridized carbons (Fsp3) is 0. The highest BCUT2D eigenvalue weighted by Crippen LogP contribution is 2.29. The molecule has 2 aromatic heterocycles. The van der Waals surface area contributed by atoms with E-state index in [-0.39, 0.29) is 27.8 Å². The maximum atomic E-state index is 14.0. The molecule has 6 nitrogen and oxygen atoms in total. The van der Waals surface area contributed by atoms with Crippen LogP contribution in [0.15, 0.2) is 42.9 Å². The van der Waals surface area contributed by atoms with Gasteiger partial charge in [-0.25, -0.2) is 14.4 Å². The quantitative estimate of drug-likeness (QED) is 0.720. The number of primary amides is 1. The predicted molar refractivity (Wildman–Crippen MR) is 93.5 cm³/mol. The van der Waals surface area contributed by atoms with Gasteiger partial charge < -0.3 is 11.1 Å². The Bertz CT molecular complexity index is 967. The Labute approximate surface area is 151 Å². The Morgan fingerprint density at radius 2 is 2.00 bits per heavy atom. The van der Waals surface area contributed by atoms with Gasteiger partial charge >= 0.3 is 0 Å². The highest BCUT2D eigenvalue weighted by atomic mass is 35.5. The summed E-state index contributed by atoms with van der Waals surface area (Å²) in [7, 11) is 0. The van der Waals surface area contributed by atoms with E-state index in [9.17, 15) is 9.18 Å². The van der Waals surface area contributed by atoms with Crippen molar-refractivity contribution in [3.05, 3.63) is 64.3 Å². The number of anilines is 2. The first-order valence-electron chi connectivity index (χ1n) is 6.94. The van der Waals surface area contributed by atoms with Gasteiger partial charge in [0.05, 0.1) is 23.0 Å². The van der Waals surface area contributed by atoms with Crippen LogP contribution in [0.4, 0.5) is 15.9 Å². The molecule has 0 bridgehead atoms. The second-order valence-corrected chi connectivity index (χ2v) is 5.77. The number of halogens is 3. The number of carbonyl (C=O) groups is 1. The number of nitrogens with one attached hydrogen (secondary N) is 1. The van der Waals surface area contributed by atoms with Gasteiger partial charge in [0.2, 0.25) is 0 Å². The maximum Gasteiger partial charge on any atom is 0.252 e. The van der Waals surface area contributed by atoms with Gasteiger partial charge in [0.15, 0.2) is 11.6 Å². The third-order valence-corrected chi connectivity index (χ3v) is 3.76. The van der Waals surface area contributed by atoms with Crippen molar-refractivity contribution in [3.63, 3.8) is 0 Å². The molecule has 1 aromatic carbocycles. The number of nitrogens with zero attached hydrogens (tertiary/aromatic N) is 3. The molecule has 0 aliphatic heterocycles. The molecule has 3 rings (SSSR count). The fourth-order valence-corrected chi connectivity index (χ4v) is 2.39. The summed E-state index contributed by atoms with van der Waals surface area (Å²) in [6.07, 6.45) is 4.11. The minimum absolute atomic E-state index is 0.0848. The van der Waals surface area contributed by atoms with Crippen LogP contribution in [0.25, 0.3) is 11.4 Å². The third-order valence-electron chi connectivity index (χ3n) is 3.25. The van der Waals surface area contributed by atoms with Crippen LogP contribution >= 0.6 is 23.2 Å². The molecule has 0 aliphatic rings. The number of carbonyl (C=O) groups excluding carboxylic acids is 1. The zero-order valence-electron chi connectivity index (χ0n) is 12.5. The van der Waals surface area contributed by atoms with Crippen molar-refractivity contribution in [1.82, 2.24) is 15.0 Å².